The molecule has 0 bridgehead atoms. The van der Waals surface area contributed by atoms with Gasteiger partial charge in [-0.25, -0.2) is 17.8 Å². The summed E-state index contributed by atoms with van der Waals surface area (Å²) in [5.41, 5.74) is -0.499. The molecule has 11 heteroatoms. The number of nitrogens with one attached hydrogen (secondary N) is 2. The standard InChI is InChI=1S/C23H36N6O4S/c1-22(2,3)29-20(26-27-28-29)19(24-14-9-15-25-34(31,32)18-12-13-18)23(4,5)21(30)33-16-17-10-7-6-8-11-17/h6-8,10-11,18-19,24-25H,9,12-16H2,1-5H3. The molecule has 0 radical (unpaired) electrons. The number of nitrogens with zero attached hydrogens (tertiary/aromatic N) is 4. The van der Waals surface area contributed by atoms with Gasteiger partial charge >= 0.3 is 5.97 Å². The van der Waals surface area contributed by atoms with Gasteiger partial charge in [-0.15, -0.1) is 5.10 Å². The number of benzene rings is 1. The van der Waals surface area contributed by atoms with E-state index in [1.54, 1.807) is 18.5 Å². The van der Waals surface area contributed by atoms with Crippen LogP contribution in [0.5, 0.6) is 0 Å². The number of hydrogen-bond acceptors (Lipinski definition) is 8. The summed E-state index contributed by atoms with van der Waals surface area (Å²) < 4.78 is 34.1. The van der Waals surface area contributed by atoms with Crippen molar-refractivity contribution in [1.82, 2.24) is 30.2 Å². The highest BCUT2D eigenvalue weighted by Crippen LogP contribution is 2.35. The average molecular weight is 493 g/mol. The lowest BCUT2D eigenvalue weighted by molar-refractivity contribution is -0.157. The van der Waals surface area contributed by atoms with Gasteiger partial charge in [0.2, 0.25) is 10.0 Å². The Morgan fingerprint density at radius 3 is 2.44 bits per heavy atom. The van der Waals surface area contributed by atoms with Crippen molar-refractivity contribution in [1.29, 1.82) is 0 Å². The SMILES string of the molecule is CC(C)(C(=O)OCc1ccccc1)C(NCCCNS(=O)(=O)C1CC1)c1nnnn1C(C)(C)C. The Morgan fingerprint density at radius 1 is 1.15 bits per heavy atom. The zero-order chi connectivity index (χ0) is 25.0. The topological polar surface area (TPSA) is 128 Å². The predicted octanol–water partition coefficient (Wildman–Crippen LogP) is 2.30. The Hall–Kier alpha value is -2.37. The van der Waals surface area contributed by atoms with Crippen LogP contribution in [0.2, 0.25) is 0 Å². The Balaban J connectivity index is 1.71. The van der Waals surface area contributed by atoms with E-state index in [2.05, 4.69) is 25.6 Å². The van der Waals surface area contributed by atoms with Crippen molar-refractivity contribution in [3.63, 3.8) is 0 Å². The first-order valence-corrected chi connectivity index (χ1v) is 13.2. The van der Waals surface area contributed by atoms with Crippen LogP contribution in [0.3, 0.4) is 0 Å². The fraction of sp³-hybridized carbons (Fsp3) is 0.652. The zero-order valence-corrected chi connectivity index (χ0v) is 21.4. The molecule has 0 amide bonds. The van der Waals surface area contributed by atoms with E-state index < -0.39 is 27.0 Å². The molecule has 1 fully saturated rings. The van der Waals surface area contributed by atoms with Gasteiger partial charge in [-0.1, -0.05) is 30.3 Å². The second-order valence-corrected chi connectivity index (χ2v) is 12.3. The van der Waals surface area contributed by atoms with Crippen molar-refractivity contribution in [3.8, 4) is 0 Å². The molecule has 188 valence electrons. The van der Waals surface area contributed by atoms with Gasteiger partial charge in [-0.05, 0) is 76.4 Å². The summed E-state index contributed by atoms with van der Waals surface area (Å²) in [7, 11) is -3.22. The number of sulfonamides is 1. The number of hydrogen-bond donors (Lipinski definition) is 2. The van der Waals surface area contributed by atoms with Crippen LogP contribution in [-0.4, -0.2) is 52.9 Å². The molecule has 1 aliphatic carbocycles. The summed E-state index contributed by atoms with van der Waals surface area (Å²) in [6.45, 7) is 10.5. The molecule has 2 aromatic rings. The number of aromatic nitrogens is 4. The van der Waals surface area contributed by atoms with Gasteiger partial charge in [0.1, 0.15) is 6.61 Å². The molecule has 10 nitrogen and oxygen atoms in total. The van der Waals surface area contributed by atoms with Crippen molar-refractivity contribution in [2.24, 2.45) is 5.41 Å². The van der Waals surface area contributed by atoms with Crippen molar-refractivity contribution in [2.45, 2.75) is 77.3 Å². The molecule has 3 rings (SSSR count). The molecule has 1 atom stereocenters. The van der Waals surface area contributed by atoms with Gasteiger partial charge < -0.3 is 10.1 Å². The van der Waals surface area contributed by atoms with Crippen molar-refractivity contribution in [3.05, 3.63) is 41.7 Å². The lowest BCUT2D eigenvalue weighted by Crippen LogP contribution is -2.44. The number of rotatable bonds is 12. The fourth-order valence-corrected chi connectivity index (χ4v) is 5.01. The monoisotopic (exact) mass is 492 g/mol. The van der Waals surface area contributed by atoms with E-state index >= 15 is 0 Å². The van der Waals surface area contributed by atoms with Gasteiger partial charge in [0.05, 0.1) is 22.2 Å². The van der Waals surface area contributed by atoms with Crippen LogP contribution < -0.4 is 10.0 Å². The molecule has 1 heterocycles. The molecule has 0 spiro atoms. The van der Waals surface area contributed by atoms with E-state index in [0.717, 1.165) is 18.4 Å². The first-order valence-electron chi connectivity index (χ1n) is 11.6. The summed E-state index contributed by atoms with van der Waals surface area (Å²) in [6, 6.07) is 8.95. The van der Waals surface area contributed by atoms with Crippen molar-refractivity contribution < 1.29 is 17.9 Å². The number of carbonyl (C=O) groups excluding carboxylic acids is 1. The maximum absolute atomic E-state index is 13.2. The molecule has 34 heavy (non-hydrogen) atoms. The van der Waals surface area contributed by atoms with Crippen LogP contribution in [0.4, 0.5) is 0 Å². The van der Waals surface area contributed by atoms with E-state index in [0.29, 0.717) is 25.3 Å². The van der Waals surface area contributed by atoms with E-state index in [-0.39, 0.29) is 17.8 Å². The molecule has 1 unspecified atom stereocenters. The minimum atomic E-state index is -3.22. The van der Waals surface area contributed by atoms with Gasteiger partial charge in [0, 0.05) is 6.54 Å². The minimum Gasteiger partial charge on any atom is -0.460 e. The summed E-state index contributed by atoms with van der Waals surface area (Å²) in [5.74, 6) is 0.138. The number of esters is 1. The quantitative estimate of drug-likeness (QED) is 0.341. The van der Waals surface area contributed by atoms with Gasteiger partial charge in [0.15, 0.2) is 5.82 Å². The molecule has 0 aliphatic heterocycles. The summed E-state index contributed by atoms with van der Waals surface area (Å²) in [5, 5.41) is 15.4. The van der Waals surface area contributed by atoms with Crippen LogP contribution >= 0.6 is 0 Å². The Labute approximate surface area is 201 Å². The van der Waals surface area contributed by atoms with Crippen LogP contribution in [0, 0.1) is 5.41 Å². The lowest BCUT2D eigenvalue weighted by Gasteiger charge is -2.34. The van der Waals surface area contributed by atoms with E-state index in [9.17, 15) is 13.2 Å². The maximum atomic E-state index is 13.2. The Bertz CT molecular complexity index is 1060. The first kappa shape index (κ1) is 26.2. The normalized spacial score (nSPS) is 15.8. The largest absolute Gasteiger partial charge is 0.460 e. The van der Waals surface area contributed by atoms with E-state index in [1.807, 2.05) is 51.1 Å². The zero-order valence-electron chi connectivity index (χ0n) is 20.6. The smallest absolute Gasteiger partial charge is 0.313 e. The predicted molar refractivity (Wildman–Crippen MR) is 128 cm³/mol. The third-order valence-corrected chi connectivity index (χ3v) is 7.77. The summed E-state index contributed by atoms with van der Waals surface area (Å²) in [6.07, 6.45) is 2.00. The van der Waals surface area contributed by atoms with Crippen molar-refractivity contribution in [2.75, 3.05) is 13.1 Å². The third kappa shape index (κ3) is 6.61. The first-order chi connectivity index (χ1) is 15.9. The van der Waals surface area contributed by atoms with E-state index in [1.165, 1.54) is 0 Å². The maximum Gasteiger partial charge on any atom is 0.313 e. The molecule has 1 aromatic carbocycles. The fourth-order valence-electron chi connectivity index (χ4n) is 3.59. The highest BCUT2D eigenvalue weighted by atomic mass is 32.2. The van der Waals surface area contributed by atoms with E-state index in [4.69, 9.17) is 4.74 Å². The highest BCUT2D eigenvalue weighted by molar-refractivity contribution is 7.90. The Morgan fingerprint density at radius 2 is 1.82 bits per heavy atom. The molecule has 1 aliphatic rings. The van der Waals surface area contributed by atoms with Gasteiger partial charge in [0.25, 0.3) is 0 Å². The number of ether oxygens (including phenoxy) is 1. The van der Waals surface area contributed by atoms with Gasteiger partial charge in [-0.2, -0.15) is 0 Å². The third-order valence-electron chi connectivity index (χ3n) is 5.82. The minimum absolute atomic E-state index is 0.170. The van der Waals surface area contributed by atoms with Crippen LogP contribution in [-0.2, 0) is 31.7 Å². The second-order valence-electron chi connectivity index (χ2n) is 10.3. The van der Waals surface area contributed by atoms with Crippen LogP contribution in [0.1, 0.15) is 71.3 Å². The van der Waals surface area contributed by atoms with Gasteiger partial charge in [-0.3, -0.25) is 4.79 Å². The molecular formula is C23H36N6O4S. The summed E-state index contributed by atoms with van der Waals surface area (Å²) in [4.78, 5) is 13.2. The van der Waals surface area contributed by atoms with Crippen LogP contribution in [0.25, 0.3) is 0 Å². The molecule has 1 aromatic heterocycles. The van der Waals surface area contributed by atoms with Crippen molar-refractivity contribution >= 4 is 16.0 Å². The van der Waals surface area contributed by atoms with Crippen LogP contribution in [0.15, 0.2) is 30.3 Å². The Kier molecular flexibility index (Phi) is 8.10. The number of carbonyl (C=O) groups is 1. The molecule has 0 saturated heterocycles. The average Bonchev–Trinajstić information content (AvgIpc) is 3.52. The highest BCUT2D eigenvalue weighted by Gasteiger charge is 2.43. The summed E-state index contributed by atoms with van der Waals surface area (Å²) >= 11 is 0. The molecule has 1 saturated carbocycles. The molecular weight excluding hydrogens is 456 g/mol. The molecule has 2 N–H and O–H groups in total. The second kappa shape index (κ2) is 10.5. The number of tetrazole rings is 1. The lowest BCUT2D eigenvalue weighted by atomic mass is 9.83.